The van der Waals surface area contributed by atoms with Gasteiger partial charge in [-0.1, -0.05) is 63.8 Å². The molecule has 0 aromatic rings. The van der Waals surface area contributed by atoms with E-state index in [1.165, 1.54) is 0 Å². The van der Waals surface area contributed by atoms with E-state index in [2.05, 4.69) is 13.0 Å². The van der Waals surface area contributed by atoms with E-state index < -0.39 is 12.1 Å². The van der Waals surface area contributed by atoms with Crippen molar-refractivity contribution in [2.45, 2.75) is 84.2 Å². The predicted molar refractivity (Wildman–Crippen MR) is 105 cm³/mol. The van der Waals surface area contributed by atoms with E-state index in [0.29, 0.717) is 31.0 Å². The summed E-state index contributed by atoms with van der Waals surface area (Å²) in [5.74, 6) is -0.241. The van der Waals surface area contributed by atoms with E-state index in [1.54, 1.807) is 6.92 Å². The van der Waals surface area contributed by atoms with Crippen molar-refractivity contribution in [3.05, 3.63) is 24.3 Å². The van der Waals surface area contributed by atoms with Gasteiger partial charge in [0.15, 0.2) is 0 Å². The van der Waals surface area contributed by atoms with Crippen LogP contribution in [0.3, 0.4) is 0 Å². The number of carbonyl (C=O) groups excluding carboxylic acids is 1. The van der Waals surface area contributed by atoms with Gasteiger partial charge in [0.05, 0.1) is 12.0 Å². The quantitative estimate of drug-likeness (QED) is 0.359. The third-order valence-electron chi connectivity index (χ3n) is 5.30. The second kappa shape index (κ2) is 12.9. The minimum Gasteiger partial charge on any atom is -0.481 e. The van der Waals surface area contributed by atoms with Gasteiger partial charge in [0, 0.05) is 12.3 Å². The number of ketones is 1. The van der Waals surface area contributed by atoms with E-state index in [4.69, 9.17) is 5.11 Å². The van der Waals surface area contributed by atoms with Crippen LogP contribution in [-0.2, 0) is 9.59 Å². The number of carbonyl (C=O) groups is 2. The molecule has 0 heterocycles. The number of hydrogen-bond donors (Lipinski definition) is 2. The smallest absolute Gasteiger partial charge is 0.306 e. The topological polar surface area (TPSA) is 74.6 Å². The van der Waals surface area contributed by atoms with Crippen LogP contribution >= 0.6 is 0 Å². The van der Waals surface area contributed by atoms with E-state index in [9.17, 15) is 14.7 Å². The van der Waals surface area contributed by atoms with Crippen LogP contribution in [-0.4, -0.2) is 28.1 Å². The summed E-state index contributed by atoms with van der Waals surface area (Å²) in [4.78, 5) is 23.0. The average Bonchev–Trinajstić information content (AvgIpc) is 2.94. The van der Waals surface area contributed by atoms with Gasteiger partial charge < -0.3 is 10.2 Å². The molecule has 1 saturated carbocycles. The minimum absolute atomic E-state index is 0.107. The molecule has 1 aliphatic carbocycles. The molecule has 1 aliphatic rings. The fraction of sp³-hybridized carbons (Fsp3) is 0.727. The van der Waals surface area contributed by atoms with Crippen LogP contribution in [0.4, 0.5) is 0 Å². The summed E-state index contributed by atoms with van der Waals surface area (Å²) in [7, 11) is 0. The van der Waals surface area contributed by atoms with Crippen molar-refractivity contribution >= 4 is 11.8 Å². The Morgan fingerprint density at radius 3 is 2.73 bits per heavy atom. The monoisotopic (exact) mass is 364 g/mol. The van der Waals surface area contributed by atoms with E-state index in [-0.39, 0.29) is 11.8 Å². The number of aliphatic carboxylic acids is 1. The molecule has 0 aromatic carbocycles. The molecule has 148 valence electrons. The minimum atomic E-state index is -0.729. The lowest BCUT2D eigenvalue weighted by atomic mass is 9.89. The lowest BCUT2D eigenvalue weighted by Crippen LogP contribution is -2.13. The largest absolute Gasteiger partial charge is 0.481 e. The maximum Gasteiger partial charge on any atom is 0.306 e. The third kappa shape index (κ3) is 8.79. The number of unbranched alkanes of at least 4 members (excludes halogenated alkanes) is 3. The Hall–Kier alpha value is -1.42. The van der Waals surface area contributed by atoms with Gasteiger partial charge in [0.1, 0.15) is 5.78 Å². The zero-order valence-corrected chi connectivity index (χ0v) is 16.4. The SMILES string of the molecule is CCCC=CC(O)CC=C[C@H]1CCC(=O)[C@@H]1CCCCCC(C)C(=O)O. The normalized spacial score (nSPS) is 23.1. The Morgan fingerprint density at radius 2 is 2.04 bits per heavy atom. The van der Waals surface area contributed by atoms with Crippen molar-refractivity contribution in [3.8, 4) is 0 Å². The lowest BCUT2D eigenvalue weighted by molar-refractivity contribution is -0.141. The predicted octanol–water partition coefficient (Wildman–Crippen LogP) is 4.92. The van der Waals surface area contributed by atoms with Crippen molar-refractivity contribution < 1.29 is 19.8 Å². The van der Waals surface area contributed by atoms with Gasteiger partial charge >= 0.3 is 5.97 Å². The standard InChI is InChI=1S/C22H36O4/c1-3-4-6-12-19(23)13-9-11-18-15-16-21(24)20(18)14-8-5-7-10-17(2)22(25)26/h6,9,11-12,17-20,23H,3-5,7-8,10,13-16H2,1-2H3,(H,25,26)/t17?,18-,19?,20+/m0/s1. The van der Waals surface area contributed by atoms with Crippen LogP contribution in [0.5, 0.6) is 0 Å². The van der Waals surface area contributed by atoms with Gasteiger partial charge in [-0.05, 0) is 38.0 Å². The summed E-state index contributed by atoms with van der Waals surface area (Å²) in [6.45, 7) is 3.86. The Morgan fingerprint density at radius 1 is 1.27 bits per heavy atom. The lowest BCUT2D eigenvalue weighted by Gasteiger charge is -2.15. The first-order valence-electron chi connectivity index (χ1n) is 10.2. The number of aliphatic hydroxyl groups excluding tert-OH is 1. The summed E-state index contributed by atoms with van der Waals surface area (Å²) in [5.41, 5.74) is 0. The van der Waals surface area contributed by atoms with Crippen LogP contribution < -0.4 is 0 Å². The number of Topliss-reactive ketones (excluding diaryl/α,β-unsaturated/α-hetero) is 1. The maximum atomic E-state index is 12.1. The number of carboxylic acids is 1. The molecule has 0 amide bonds. The molecule has 4 atom stereocenters. The molecule has 2 unspecified atom stereocenters. The molecule has 0 aliphatic heterocycles. The number of rotatable bonds is 13. The van der Waals surface area contributed by atoms with Gasteiger partial charge in [0.2, 0.25) is 0 Å². The Bertz CT molecular complexity index is 481. The number of carboxylic acid groups (broad SMARTS) is 1. The second-order valence-corrected chi connectivity index (χ2v) is 7.60. The van der Waals surface area contributed by atoms with Crippen molar-refractivity contribution in [3.63, 3.8) is 0 Å². The fourth-order valence-electron chi connectivity index (χ4n) is 3.55. The van der Waals surface area contributed by atoms with Gasteiger partial charge in [-0.3, -0.25) is 9.59 Å². The van der Waals surface area contributed by atoms with Crippen LogP contribution in [0, 0.1) is 17.8 Å². The Labute approximate surface area is 158 Å². The summed E-state index contributed by atoms with van der Waals surface area (Å²) < 4.78 is 0. The third-order valence-corrected chi connectivity index (χ3v) is 5.30. The fourth-order valence-corrected chi connectivity index (χ4v) is 3.55. The zero-order valence-electron chi connectivity index (χ0n) is 16.4. The molecule has 0 radical (unpaired) electrons. The van der Waals surface area contributed by atoms with Gasteiger partial charge in [0.25, 0.3) is 0 Å². The van der Waals surface area contributed by atoms with Crippen LogP contribution in [0.1, 0.15) is 78.1 Å². The molecule has 0 aromatic heterocycles. The van der Waals surface area contributed by atoms with E-state index in [0.717, 1.165) is 44.9 Å². The highest BCUT2D eigenvalue weighted by Gasteiger charge is 2.32. The van der Waals surface area contributed by atoms with Crippen LogP contribution in [0.25, 0.3) is 0 Å². The highest BCUT2D eigenvalue weighted by Crippen LogP contribution is 2.34. The molecule has 0 saturated heterocycles. The first kappa shape index (κ1) is 22.6. The highest BCUT2D eigenvalue weighted by molar-refractivity contribution is 5.83. The van der Waals surface area contributed by atoms with Crippen molar-refractivity contribution in [2.24, 2.45) is 17.8 Å². The molecule has 26 heavy (non-hydrogen) atoms. The van der Waals surface area contributed by atoms with Crippen molar-refractivity contribution in [1.29, 1.82) is 0 Å². The van der Waals surface area contributed by atoms with E-state index >= 15 is 0 Å². The molecule has 4 nitrogen and oxygen atoms in total. The summed E-state index contributed by atoms with van der Waals surface area (Å²) in [6, 6.07) is 0. The molecule has 1 fully saturated rings. The molecule has 4 heteroatoms. The number of hydrogen-bond acceptors (Lipinski definition) is 3. The van der Waals surface area contributed by atoms with Crippen LogP contribution in [0.2, 0.25) is 0 Å². The summed E-state index contributed by atoms with van der Waals surface area (Å²) in [5, 5.41) is 18.8. The second-order valence-electron chi connectivity index (χ2n) is 7.60. The van der Waals surface area contributed by atoms with Crippen molar-refractivity contribution in [1.82, 2.24) is 0 Å². The number of allylic oxidation sites excluding steroid dienone is 2. The summed E-state index contributed by atoms with van der Waals surface area (Å²) >= 11 is 0. The van der Waals surface area contributed by atoms with E-state index in [1.807, 2.05) is 18.2 Å². The van der Waals surface area contributed by atoms with Crippen molar-refractivity contribution in [2.75, 3.05) is 0 Å². The van der Waals surface area contributed by atoms with Gasteiger partial charge in [-0.25, -0.2) is 0 Å². The first-order valence-corrected chi connectivity index (χ1v) is 10.2. The molecule has 2 N–H and O–H groups in total. The molecule has 1 rings (SSSR count). The first-order chi connectivity index (χ1) is 12.5. The van der Waals surface area contributed by atoms with Gasteiger partial charge in [-0.2, -0.15) is 0 Å². The Balaban J connectivity index is 2.31. The molecule has 0 spiro atoms. The maximum absolute atomic E-state index is 12.1. The highest BCUT2D eigenvalue weighted by atomic mass is 16.4. The average molecular weight is 365 g/mol. The number of aliphatic hydroxyl groups is 1. The zero-order chi connectivity index (χ0) is 19.4. The van der Waals surface area contributed by atoms with Gasteiger partial charge in [-0.15, -0.1) is 0 Å². The Kier molecular flexibility index (Phi) is 11.2. The van der Waals surface area contributed by atoms with Crippen LogP contribution in [0.15, 0.2) is 24.3 Å². The summed E-state index contributed by atoms with van der Waals surface area (Å²) in [6.07, 6.45) is 16.3. The molecular formula is C22H36O4. The molecular weight excluding hydrogens is 328 g/mol. The molecule has 0 bridgehead atoms.